The number of nitrogens with zero attached hydrogens (tertiary/aromatic N) is 1. The molecule has 0 bridgehead atoms. The SMILES string of the molecule is O=C(O)CCCCCCCCCCCCCCCCC(=O)NC(CCC(=O)NCCOCCOCC(=O)NCCN1C(=O)C=CC1=O)C(=O)O. The van der Waals surface area contributed by atoms with E-state index in [0.717, 1.165) is 43.4 Å². The smallest absolute Gasteiger partial charge is 0.326 e. The highest BCUT2D eigenvalue weighted by molar-refractivity contribution is 6.12. The van der Waals surface area contributed by atoms with Crippen LogP contribution in [0.15, 0.2) is 12.2 Å². The fourth-order valence-corrected chi connectivity index (χ4v) is 5.23. The Labute approximate surface area is 295 Å². The van der Waals surface area contributed by atoms with Crippen molar-refractivity contribution in [1.82, 2.24) is 20.9 Å². The van der Waals surface area contributed by atoms with Crippen LogP contribution in [0.3, 0.4) is 0 Å². The lowest BCUT2D eigenvalue weighted by atomic mass is 10.0. The minimum Gasteiger partial charge on any atom is -0.481 e. The third-order valence-corrected chi connectivity index (χ3v) is 8.07. The molecule has 0 radical (unpaired) electrons. The standard InChI is InChI=1S/C35H58N4O11/c40-29(37-22-24-49-25-26-50-27-31(42)36-21-23-39-32(43)19-20-33(39)44)18-17-28(35(47)48)38-30(41)15-13-11-9-7-5-3-1-2-4-6-8-10-12-14-16-34(45)46/h19-20,28H,1-18,21-27H2,(H,36,42)(H,37,40)(H,38,41)(H,45,46)(H,47,48). The molecule has 15 nitrogen and oxygen atoms in total. The van der Waals surface area contributed by atoms with Gasteiger partial charge in [0.25, 0.3) is 11.8 Å². The van der Waals surface area contributed by atoms with Gasteiger partial charge in [0, 0.05) is 51.0 Å². The molecule has 284 valence electrons. The third-order valence-electron chi connectivity index (χ3n) is 8.07. The van der Waals surface area contributed by atoms with Crippen LogP contribution in [-0.4, -0.2) is 109 Å². The second-order valence-corrected chi connectivity index (χ2v) is 12.4. The van der Waals surface area contributed by atoms with Crippen LogP contribution in [0.4, 0.5) is 0 Å². The molecular formula is C35H58N4O11. The Morgan fingerprint density at radius 1 is 0.600 bits per heavy atom. The lowest BCUT2D eigenvalue weighted by Gasteiger charge is -2.14. The Kier molecular flexibility index (Phi) is 25.6. The average Bonchev–Trinajstić information content (AvgIpc) is 3.39. The number of nitrogens with one attached hydrogen (secondary N) is 3. The molecule has 1 heterocycles. The molecule has 1 unspecified atom stereocenters. The number of carbonyl (C=O) groups is 7. The van der Waals surface area contributed by atoms with E-state index in [1.54, 1.807) is 0 Å². The van der Waals surface area contributed by atoms with Gasteiger partial charge in [-0.3, -0.25) is 33.7 Å². The molecule has 1 aliphatic heterocycles. The first-order valence-electron chi connectivity index (χ1n) is 18.1. The van der Waals surface area contributed by atoms with Gasteiger partial charge in [-0.05, 0) is 19.3 Å². The van der Waals surface area contributed by atoms with Gasteiger partial charge >= 0.3 is 11.9 Å². The second kappa shape index (κ2) is 28.9. The number of rotatable bonds is 33. The number of aliphatic carboxylic acids is 2. The van der Waals surface area contributed by atoms with E-state index in [4.69, 9.17) is 14.6 Å². The van der Waals surface area contributed by atoms with Gasteiger partial charge in [0.2, 0.25) is 17.7 Å². The maximum Gasteiger partial charge on any atom is 0.326 e. The van der Waals surface area contributed by atoms with Crippen molar-refractivity contribution in [3.63, 3.8) is 0 Å². The monoisotopic (exact) mass is 710 g/mol. The molecule has 0 fully saturated rings. The van der Waals surface area contributed by atoms with E-state index in [9.17, 15) is 38.7 Å². The van der Waals surface area contributed by atoms with Crippen LogP contribution in [0.2, 0.25) is 0 Å². The van der Waals surface area contributed by atoms with Crippen LogP contribution >= 0.6 is 0 Å². The van der Waals surface area contributed by atoms with Crippen molar-refractivity contribution in [2.75, 3.05) is 46.1 Å². The summed E-state index contributed by atoms with van der Waals surface area (Å²) in [7, 11) is 0. The first-order valence-corrected chi connectivity index (χ1v) is 18.1. The van der Waals surface area contributed by atoms with Gasteiger partial charge in [0.15, 0.2) is 0 Å². The molecule has 0 aromatic heterocycles. The molecule has 50 heavy (non-hydrogen) atoms. The van der Waals surface area contributed by atoms with E-state index in [0.29, 0.717) is 6.42 Å². The molecule has 0 aliphatic carbocycles. The molecule has 0 saturated carbocycles. The average molecular weight is 711 g/mol. The molecule has 5 amide bonds. The van der Waals surface area contributed by atoms with Gasteiger partial charge < -0.3 is 35.6 Å². The summed E-state index contributed by atoms with van der Waals surface area (Å²) in [5.74, 6) is -3.83. The summed E-state index contributed by atoms with van der Waals surface area (Å²) in [5, 5.41) is 25.8. The summed E-state index contributed by atoms with van der Waals surface area (Å²) in [5.41, 5.74) is 0. The van der Waals surface area contributed by atoms with Crippen molar-refractivity contribution in [2.24, 2.45) is 0 Å². The van der Waals surface area contributed by atoms with Gasteiger partial charge in [0.1, 0.15) is 12.6 Å². The fourth-order valence-electron chi connectivity index (χ4n) is 5.23. The van der Waals surface area contributed by atoms with Gasteiger partial charge in [-0.15, -0.1) is 0 Å². The molecule has 0 spiro atoms. The summed E-state index contributed by atoms with van der Waals surface area (Å²) < 4.78 is 10.5. The highest BCUT2D eigenvalue weighted by Crippen LogP contribution is 2.14. The number of amides is 5. The van der Waals surface area contributed by atoms with Crippen LogP contribution in [0.5, 0.6) is 0 Å². The van der Waals surface area contributed by atoms with Crippen LogP contribution in [0.1, 0.15) is 116 Å². The Hall–Kier alpha value is -3.85. The van der Waals surface area contributed by atoms with Crippen molar-refractivity contribution in [3.05, 3.63) is 12.2 Å². The summed E-state index contributed by atoms with van der Waals surface area (Å²) in [4.78, 5) is 82.1. The predicted molar refractivity (Wildman–Crippen MR) is 184 cm³/mol. The van der Waals surface area contributed by atoms with E-state index in [2.05, 4.69) is 16.0 Å². The third kappa shape index (κ3) is 24.3. The second-order valence-electron chi connectivity index (χ2n) is 12.4. The molecule has 15 heteroatoms. The van der Waals surface area contributed by atoms with E-state index >= 15 is 0 Å². The van der Waals surface area contributed by atoms with E-state index in [1.165, 1.54) is 57.1 Å². The van der Waals surface area contributed by atoms with Gasteiger partial charge in [-0.25, -0.2) is 4.79 Å². The summed E-state index contributed by atoms with van der Waals surface area (Å²) >= 11 is 0. The Bertz CT molecular complexity index is 1060. The molecule has 1 rings (SSSR count). The molecule has 1 aliphatic rings. The Balaban J connectivity index is 1.94. The van der Waals surface area contributed by atoms with Crippen LogP contribution in [-0.2, 0) is 43.0 Å². The van der Waals surface area contributed by atoms with Crippen molar-refractivity contribution >= 4 is 41.5 Å². The van der Waals surface area contributed by atoms with Crippen molar-refractivity contribution in [1.29, 1.82) is 0 Å². The highest BCUT2D eigenvalue weighted by Gasteiger charge is 2.23. The molecule has 0 saturated heterocycles. The Morgan fingerprint density at radius 3 is 1.64 bits per heavy atom. The quantitative estimate of drug-likeness (QED) is 0.0493. The minimum atomic E-state index is -1.19. The first kappa shape index (κ1) is 44.2. The van der Waals surface area contributed by atoms with Gasteiger partial charge in [0.05, 0.1) is 19.8 Å². The van der Waals surface area contributed by atoms with Crippen molar-refractivity contribution < 1.29 is 53.2 Å². The topological polar surface area (TPSA) is 218 Å². The first-order chi connectivity index (χ1) is 24.1. The number of imide groups is 1. The van der Waals surface area contributed by atoms with E-state index in [-0.39, 0.29) is 83.6 Å². The summed E-state index contributed by atoms with van der Waals surface area (Å²) in [6, 6.07) is -1.14. The summed E-state index contributed by atoms with van der Waals surface area (Å²) in [6.07, 6.45) is 17.8. The predicted octanol–water partition coefficient (Wildman–Crippen LogP) is 2.85. The molecular weight excluding hydrogens is 652 g/mol. The zero-order chi connectivity index (χ0) is 36.8. The lowest BCUT2D eigenvalue weighted by Crippen LogP contribution is -2.41. The maximum atomic E-state index is 12.3. The number of unbranched alkanes of at least 4 members (excludes halogenated alkanes) is 13. The molecule has 0 aromatic rings. The van der Waals surface area contributed by atoms with E-state index in [1.807, 2.05) is 0 Å². The summed E-state index contributed by atoms with van der Waals surface area (Å²) in [6.45, 7) is 0.673. The van der Waals surface area contributed by atoms with E-state index < -0.39 is 35.7 Å². The molecule has 5 N–H and O–H groups in total. The van der Waals surface area contributed by atoms with Crippen LogP contribution < -0.4 is 16.0 Å². The highest BCUT2D eigenvalue weighted by atomic mass is 16.5. The number of hydrogen-bond acceptors (Lipinski definition) is 9. The number of carbonyl (C=O) groups excluding carboxylic acids is 5. The van der Waals surface area contributed by atoms with Crippen molar-refractivity contribution in [3.8, 4) is 0 Å². The van der Waals surface area contributed by atoms with Gasteiger partial charge in [-0.1, -0.05) is 77.0 Å². The maximum absolute atomic E-state index is 12.3. The van der Waals surface area contributed by atoms with Gasteiger partial charge in [-0.2, -0.15) is 0 Å². The zero-order valence-electron chi connectivity index (χ0n) is 29.4. The lowest BCUT2D eigenvalue weighted by molar-refractivity contribution is -0.142. The number of hydrogen-bond donors (Lipinski definition) is 5. The largest absolute Gasteiger partial charge is 0.481 e. The normalized spacial score (nSPS) is 13.0. The Morgan fingerprint density at radius 2 is 1.10 bits per heavy atom. The number of carboxylic acid groups (broad SMARTS) is 2. The number of carboxylic acids is 2. The number of ether oxygens (including phenoxy) is 2. The van der Waals surface area contributed by atoms with Crippen LogP contribution in [0, 0.1) is 0 Å². The molecule has 1 atom stereocenters. The van der Waals surface area contributed by atoms with Crippen molar-refractivity contribution in [2.45, 2.75) is 122 Å². The fraction of sp³-hybridized carbons (Fsp3) is 0.743. The van der Waals surface area contributed by atoms with Crippen LogP contribution in [0.25, 0.3) is 0 Å². The zero-order valence-corrected chi connectivity index (χ0v) is 29.4. The molecule has 0 aromatic carbocycles. The minimum absolute atomic E-state index is 0.0298.